The van der Waals surface area contributed by atoms with E-state index < -0.39 is 21.9 Å². The van der Waals surface area contributed by atoms with Gasteiger partial charge in [-0.3, -0.25) is 14.9 Å². The number of carbonyl (C=O) groups is 2. The van der Waals surface area contributed by atoms with Crippen LogP contribution in [0.2, 0.25) is 0 Å². The van der Waals surface area contributed by atoms with E-state index in [0.717, 1.165) is 5.56 Å². The Bertz CT molecular complexity index is 978. The second-order valence-electron chi connectivity index (χ2n) is 9.64. The molecule has 1 aromatic carbocycles. The molecular formula is C22H34N4O7S. The molecule has 2 fully saturated rings. The molecule has 0 aromatic heterocycles. The molecule has 5 atom stereocenters. The lowest BCUT2D eigenvalue weighted by atomic mass is 9.70. The van der Waals surface area contributed by atoms with Gasteiger partial charge in [-0.15, -0.1) is 0 Å². The van der Waals surface area contributed by atoms with E-state index in [1.165, 1.54) is 0 Å². The van der Waals surface area contributed by atoms with E-state index >= 15 is 0 Å². The molecule has 11 nitrogen and oxygen atoms in total. The Balaban J connectivity index is 1.63. The van der Waals surface area contributed by atoms with Crippen molar-refractivity contribution in [2.24, 2.45) is 11.8 Å². The molecule has 2 amide bonds. The summed E-state index contributed by atoms with van der Waals surface area (Å²) in [5.74, 6) is -0.144. The number of hydrazine groups is 1. The smallest absolute Gasteiger partial charge is 0.422 e. The zero-order valence-electron chi connectivity index (χ0n) is 20.1. The maximum Gasteiger partial charge on any atom is 0.422 e. The summed E-state index contributed by atoms with van der Waals surface area (Å²) in [6.45, 7) is 4.91. The summed E-state index contributed by atoms with van der Waals surface area (Å²) in [5.41, 5.74) is 6.33. The second-order valence-corrected chi connectivity index (χ2v) is 11.1. The zero-order chi connectivity index (χ0) is 25.1. The summed E-state index contributed by atoms with van der Waals surface area (Å²) in [4.78, 5) is 24.2. The number of fused-ring (bicyclic) bond motifs is 1. The highest BCUT2D eigenvalue weighted by Gasteiger charge is 2.46. The third-order valence-electron chi connectivity index (χ3n) is 6.04. The van der Waals surface area contributed by atoms with Crippen molar-refractivity contribution in [3.8, 4) is 0 Å². The van der Waals surface area contributed by atoms with Crippen LogP contribution in [0.5, 0.6) is 0 Å². The topological polar surface area (TPSA) is 144 Å². The Labute approximate surface area is 200 Å². The monoisotopic (exact) mass is 498 g/mol. The average Bonchev–Trinajstić information content (AvgIpc) is 2.74. The molecule has 1 aliphatic carbocycles. The first-order valence-corrected chi connectivity index (χ1v) is 12.6. The van der Waals surface area contributed by atoms with Crippen LogP contribution in [0, 0.1) is 11.8 Å². The quantitative estimate of drug-likeness (QED) is 0.442. The molecular weight excluding hydrogens is 464 g/mol. The van der Waals surface area contributed by atoms with E-state index in [4.69, 9.17) is 14.2 Å². The molecule has 4 N–H and O–H groups in total. The fraction of sp³-hybridized carbons (Fsp3) is 0.636. The fourth-order valence-corrected chi connectivity index (χ4v) is 5.28. The Morgan fingerprint density at radius 3 is 2.29 bits per heavy atom. The number of anilines is 1. The third kappa shape index (κ3) is 6.81. The lowest BCUT2D eigenvalue weighted by molar-refractivity contribution is -0.145. The van der Waals surface area contributed by atoms with Gasteiger partial charge >= 0.3 is 16.3 Å². The van der Waals surface area contributed by atoms with Gasteiger partial charge in [0.2, 0.25) is 5.91 Å². The predicted molar refractivity (Wildman–Crippen MR) is 125 cm³/mol. The maximum atomic E-state index is 12.4. The summed E-state index contributed by atoms with van der Waals surface area (Å²) < 4.78 is 44.6. The van der Waals surface area contributed by atoms with Crippen LogP contribution in [0.1, 0.15) is 39.2 Å². The second kappa shape index (κ2) is 10.5. The standard InChI is InChI=1S/C22H34N4O7S/c1-22(2,3)33-21(28)26-34(29,30)25-14-8-6-13(7-9-14)10-17-15-11-18(31-4)19(32-5)12-16(15)20(27)24-23-17/h6-9,15-19,23,25H,10-12H2,1-5H3,(H,24,27)(H,26,28). The number of nitrogens with one attached hydrogen (secondary N) is 4. The minimum Gasteiger partial charge on any atom is -0.443 e. The minimum absolute atomic E-state index is 0.0190. The molecule has 190 valence electrons. The Morgan fingerprint density at radius 2 is 1.71 bits per heavy atom. The van der Waals surface area contributed by atoms with Crippen LogP contribution in [0.15, 0.2) is 24.3 Å². The number of methoxy groups -OCH3 is 2. The Hall–Kier alpha value is -2.41. The maximum absolute atomic E-state index is 12.4. The van der Waals surface area contributed by atoms with Crippen LogP contribution in [-0.2, 0) is 35.6 Å². The molecule has 5 unspecified atom stereocenters. The number of rotatable bonds is 7. The van der Waals surface area contributed by atoms with Crippen LogP contribution in [0.25, 0.3) is 0 Å². The van der Waals surface area contributed by atoms with E-state index in [0.29, 0.717) is 24.9 Å². The number of amides is 2. The third-order valence-corrected chi connectivity index (χ3v) is 6.98. The largest absolute Gasteiger partial charge is 0.443 e. The first-order chi connectivity index (χ1) is 15.9. The van der Waals surface area contributed by atoms with E-state index in [9.17, 15) is 18.0 Å². The van der Waals surface area contributed by atoms with Crippen LogP contribution in [0.3, 0.4) is 0 Å². The molecule has 0 spiro atoms. The number of benzene rings is 1. The number of ether oxygens (including phenoxy) is 3. The molecule has 1 saturated heterocycles. The molecule has 0 radical (unpaired) electrons. The van der Waals surface area contributed by atoms with Gasteiger partial charge in [0.1, 0.15) is 5.60 Å². The number of carbonyl (C=O) groups excluding carboxylic acids is 2. The van der Waals surface area contributed by atoms with Crippen molar-refractivity contribution in [2.45, 2.75) is 63.9 Å². The molecule has 1 aromatic rings. The lowest BCUT2D eigenvalue weighted by Gasteiger charge is -2.46. The molecule has 1 saturated carbocycles. The van der Waals surface area contributed by atoms with Crippen molar-refractivity contribution in [2.75, 3.05) is 18.9 Å². The molecule has 3 rings (SSSR count). The fourth-order valence-electron chi connectivity index (χ4n) is 4.52. The SMILES string of the molecule is COC1CC2C(=O)NNC(Cc3ccc(NS(=O)(=O)NC(=O)OC(C)(C)C)cc3)C2CC1OC. The molecule has 2 aliphatic rings. The van der Waals surface area contributed by atoms with Gasteiger partial charge in [0.15, 0.2) is 0 Å². The summed E-state index contributed by atoms with van der Waals surface area (Å²) in [5, 5.41) is 0. The summed E-state index contributed by atoms with van der Waals surface area (Å²) in [7, 11) is -0.861. The van der Waals surface area contributed by atoms with Gasteiger partial charge in [0, 0.05) is 26.2 Å². The van der Waals surface area contributed by atoms with Gasteiger partial charge in [0.25, 0.3) is 0 Å². The normalized spacial score (nSPS) is 27.3. The highest BCUT2D eigenvalue weighted by molar-refractivity contribution is 7.91. The Kier molecular flexibility index (Phi) is 8.06. The first-order valence-electron chi connectivity index (χ1n) is 11.1. The average molecular weight is 499 g/mol. The van der Waals surface area contributed by atoms with Gasteiger partial charge in [-0.25, -0.2) is 14.9 Å². The number of hydrogen-bond acceptors (Lipinski definition) is 8. The molecule has 1 heterocycles. The van der Waals surface area contributed by atoms with Crippen LogP contribution < -0.4 is 20.3 Å². The summed E-state index contributed by atoms with van der Waals surface area (Å²) in [6, 6.07) is 6.81. The van der Waals surface area contributed by atoms with Gasteiger partial charge in [0.05, 0.1) is 17.9 Å². The molecule has 12 heteroatoms. The van der Waals surface area contributed by atoms with Gasteiger partial charge in [-0.1, -0.05) is 12.1 Å². The first kappa shape index (κ1) is 26.2. The van der Waals surface area contributed by atoms with Crippen molar-refractivity contribution >= 4 is 27.9 Å². The van der Waals surface area contributed by atoms with E-state index in [-0.39, 0.29) is 36.0 Å². The predicted octanol–water partition coefficient (Wildman–Crippen LogP) is 1.47. The van der Waals surface area contributed by atoms with E-state index in [1.807, 2.05) is 4.72 Å². The van der Waals surface area contributed by atoms with Crippen LogP contribution in [0.4, 0.5) is 10.5 Å². The summed E-state index contributed by atoms with van der Waals surface area (Å²) >= 11 is 0. The minimum atomic E-state index is -4.15. The zero-order valence-corrected chi connectivity index (χ0v) is 20.9. The number of hydrogen-bond donors (Lipinski definition) is 4. The van der Waals surface area contributed by atoms with E-state index in [2.05, 4.69) is 15.6 Å². The van der Waals surface area contributed by atoms with Crippen molar-refractivity contribution in [3.05, 3.63) is 29.8 Å². The van der Waals surface area contributed by atoms with E-state index in [1.54, 1.807) is 59.3 Å². The van der Waals surface area contributed by atoms with Crippen molar-refractivity contribution < 1.29 is 32.2 Å². The van der Waals surface area contributed by atoms with Gasteiger partial charge in [-0.05, 0) is 63.6 Å². The van der Waals surface area contributed by atoms with Gasteiger partial charge in [-0.2, -0.15) is 8.42 Å². The highest BCUT2D eigenvalue weighted by atomic mass is 32.2. The Morgan fingerprint density at radius 1 is 1.09 bits per heavy atom. The van der Waals surface area contributed by atoms with Gasteiger partial charge < -0.3 is 14.2 Å². The van der Waals surface area contributed by atoms with Crippen molar-refractivity contribution in [1.82, 2.24) is 15.6 Å². The highest BCUT2D eigenvalue weighted by Crippen LogP contribution is 2.37. The van der Waals surface area contributed by atoms with Crippen molar-refractivity contribution in [3.63, 3.8) is 0 Å². The van der Waals surface area contributed by atoms with Crippen molar-refractivity contribution in [1.29, 1.82) is 0 Å². The van der Waals surface area contributed by atoms with Crippen LogP contribution in [-0.4, -0.2) is 58.5 Å². The molecule has 34 heavy (non-hydrogen) atoms. The van der Waals surface area contributed by atoms with Crippen LogP contribution >= 0.6 is 0 Å². The molecule has 0 bridgehead atoms. The lowest BCUT2D eigenvalue weighted by Crippen LogP contribution is -2.63. The summed E-state index contributed by atoms with van der Waals surface area (Å²) in [6.07, 6.45) is 0.634. The molecule has 1 aliphatic heterocycles.